The normalized spacial score (nSPS) is 10.2. The summed E-state index contributed by atoms with van der Waals surface area (Å²) in [5.41, 5.74) is 5.22. The Morgan fingerprint density at radius 3 is 2.67 bits per heavy atom. The van der Waals surface area contributed by atoms with Crippen LogP contribution in [0.4, 0.5) is 4.79 Å². The lowest BCUT2D eigenvalue weighted by molar-refractivity contribution is -0.120. The Morgan fingerprint density at radius 1 is 1.38 bits per heavy atom. The summed E-state index contributed by atoms with van der Waals surface area (Å²) in [5.74, 6) is -1.92. The average Bonchev–Trinajstić information content (AvgIpc) is 2.81. The fraction of sp³-hybridized carbons (Fsp3) is 0.545. The molecule has 21 heavy (non-hydrogen) atoms. The lowest BCUT2D eigenvalue weighted by Gasteiger charge is -2.07. The van der Waals surface area contributed by atoms with Crippen LogP contribution in [0, 0.1) is 0 Å². The summed E-state index contributed by atoms with van der Waals surface area (Å²) >= 11 is 0. The predicted octanol–water partition coefficient (Wildman–Crippen LogP) is -0.939. The van der Waals surface area contributed by atoms with Crippen molar-refractivity contribution in [1.29, 1.82) is 0 Å². The highest BCUT2D eigenvalue weighted by Crippen LogP contribution is 2.04. The number of nitrogens with two attached hydrogens (primary N) is 1. The third-order valence-corrected chi connectivity index (χ3v) is 2.60. The van der Waals surface area contributed by atoms with Crippen LogP contribution >= 0.6 is 0 Å². The summed E-state index contributed by atoms with van der Waals surface area (Å²) in [5, 5.41) is 20.5. The van der Waals surface area contributed by atoms with E-state index in [-0.39, 0.29) is 24.5 Å². The van der Waals surface area contributed by atoms with E-state index in [2.05, 4.69) is 20.9 Å². The maximum absolute atomic E-state index is 11.7. The van der Waals surface area contributed by atoms with Gasteiger partial charge in [-0.2, -0.15) is 0 Å². The topological polar surface area (TPSA) is 152 Å². The number of aromatic nitrogens is 3. The lowest BCUT2D eigenvalue weighted by Crippen LogP contribution is -2.41. The maximum Gasteiger partial charge on any atom is 0.358 e. The highest BCUT2D eigenvalue weighted by Gasteiger charge is 2.19. The first-order valence-corrected chi connectivity index (χ1v) is 6.43. The largest absolute Gasteiger partial charge is 0.476 e. The van der Waals surface area contributed by atoms with Gasteiger partial charge in [0.25, 0.3) is 0 Å². The second kappa shape index (κ2) is 7.94. The van der Waals surface area contributed by atoms with Crippen molar-refractivity contribution in [3.05, 3.63) is 11.4 Å². The highest BCUT2D eigenvalue weighted by atomic mass is 16.4. The fourth-order valence-corrected chi connectivity index (χ4v) is 1.55. The summed E-state index contributed by atoms with van der Waals surface area (Å²) in [6, 6.07) is -0.610. The molecular formula is C11H18N6O4. The number of rotatable bonds is 7. The van der Waals surface area contributed by atoms with E-state index < -0.39 is 17.9 Å². The van der Waals surface area contributed by atoms with Gasteiger partial charge in [0.15, 0.2) is 5.69 Å². The zero-order chi connectivity index (χ0) is 15.8. The number of imide groups is 1. The van der Waals surface area contributed by atoms with Crippen LogP contribution in [0.1, 0.15) is 35.9 Å². The first kappa shape index (κ1) is 16.6. The number of unbranched alkanes of at least 4 members (excludes halogenated alkanes) is 1. The van der Waals surface area contributed by atoms with E-state index in [4.69, 9.17) is 10.8 Å². The number of amides is 3. The number of urea groups is 1. The van der Waals surface area contributed by atoms with Crippen LogP contribution in [0.5, 0.6) is 0 Å². The molecule has 0 atom stereocenters. The van der Waals surface area contributed by atoms with Gasteiger partial charge in [0, 0.05) is 13.1 Å². The van der Waals surface area contributed by atoms with E-state index in [0.29, 0.717) is 6.54 Å². The van der Waals surface area contributed by atoms with Crippen molar-refractivity contribution in [3.8, 4) is 0 Å². The van der Waals surface area contributed by atoms with Gasteiger partial charge in [0.2, 0.25) is 5.91 Å². The molecule has 0 aromatic carbocycles. The van der Waals surface area contributed by atoms with Crippen molar-refractivity contribution in [1.82, 2.24) is 25.6 Å². The standard InChI is InChI=1S/C11H18N6O4/c1-2-3-4-13-11(21)14-8(18)6-17-7(5-12)9(10(19)20)15-16-17/h2-6,12H2,1H3,(H,19,20)(H2,13,14,18,21). The summed E-state index contributed by atoms with van der Waals surface area (Å²) in [4.78, 5) is 33.9. The molecule has 1 aromatic heterocycles. The molecule has 0 aliphatic heterocycles. The van der Waals surface area contributed by atoms with Crippen LogP contribution in [0.15, 0.2) is 0 Å². The van der Waals surface area contributed by atoms with Crippen molar-refractivity contribution in [3.63, 3.8) is 0 Å². The van der Waals surface area contributed by atoms with Crippen molar-refractivity contribution in [2.45, 2.75) is 32.9 Å². The van der Waals surface area contributed by atoms with Crippen molar-refractivity contribution >= 4 is 17.9 Å². The van der Waals surface area contributed by atoms with Crippen molar-refractivity contribution < 1.29 is 19.5 Å². The Hall–Kier alpha value is -2.49. The van der Waals surface area contributed by atoms with Gasteiger partial charge >= 0.3 is 12.0 Å². The molecule has 0 radical (unpaired) electrons. The maximum atomic E-state index is 11.7. The molecule has 1 heterocycles. The second-order valence-electron chi connectivity index (χ2n) is 4.21. The molecule has 0 spiro atoms. The van der Waals surface area contributed by atoms with Gasteiger partial charge in [-0.05, 0) is 6.42 Å². The molecule has 0 fully saturated rings. The first-order chi connectivity index (χ1) is 9.99. The number of aromatic carboxylic acids is 1. The Morgan fingerprint density at radius 2 is 2.10 bits per heavy atom. The van der Waals surface area contributed by atoms with Gasteiger partial charge in [0.1, 0.15) is 6.54 Å². The molecule has 10 nitrogen and oxygen atoms in total. The third kappa shape index (κ3) is 4.84. The number of nitrogens with zero attached hydrogens (tertiary/aromatic N) is 3. The van der Waals surface area contributed by atoms with E-state index in [1.165, 1.54) is 0 Å². The Bertz CT molecular complexity index is 527. The second-order valence-corrected chi connectivity index (χ2v) is 4.21. The summed E-state index contributed by atoms with van der Waals surface area (Å²) in [6.45, 7) is 1.97. The number of carboxylic acid groups (broad SMARTS) is 1. The summed E-state index contributed by atoms with van der Waals surface area (Å²) in [6.07, 6.45) is 1.73. The van der Waals surface area contributed by atoms with Gasteiger partial charge in [-0.25, -0.2) is 14.3 Å². The van der Waals surface area contributed by atoms with Crippen LogP contribution in [0.3, 0.4) is 0 Å². The molecule has 0 saturated carbocycles. The van der Waals surface area contributed by atoms with Gasteiger partial charge < -0.3 is 16.2 Å². The number of carboxylic acids is 1. The van der Waals surface area contributed by atoms with E-state index in [1.807, 2.05) is 6.92 Å². The van der Waals surface area contributed by atoms with E-state index in [1.54, 1.807) is 0 Å². The number of hydrogen-bond donors (Lipinski definition) is 4. The average molecular weight is 298 g/mol. The molecular weight excluding hydrogens is 280 g/mol. The van der Waals surface area contributed by atoms with E-state index >= 15 is 0 Å². The Labute approximate surface area is 120 Å². The Balaban J connectivity index is 2.59. The summed E-state index contributed by atoms with van der Waals surface area (Å²) in [7, 11) is 0. The molecule has 3 amide bonds. The Kier molecular flexibility index (Phi) is 6.27. The third-order valence-electron chi connectivity index (χ3n) is 2.60. The fourth-order valence-electron chi connectivity index (χ4n) is 1.55. The van der Waals surface area contributed by atoms with Crippen LogP contribution in [-0.2, 0) is 17.9 Å². The number of carbonyl (C=O) groups excluding carboxylic acids is 2. The van der Waals surface area contributed by atoms with E-state index in [9.17, 15) is 14.4 Å². The van der Waals surface area contributed by atoms with Gasteiger partial charge in [-0.1, -0.05) is 18.6 Å². The minimum absolute atomic E-state index is 0.115. The van der Waals surface area contributed by atoms with E-state index in [0.717, 1.165) is 17.5 Å². The van der Waals surface area contributed by atoms with Crippen molar-refractivity contribution in [2.75, 3.05) is 6.54 Å². The lowest BCUT2D eigenvalue weighted by atomic mass is 10.3. The molecule has 5 N–H and O–H groups in total. The van der Waals surface area contributed by atoms with Crippen LogP contribution in [0.2, 0.25) is 0 Å². The molecule has 0 unspecified atom stereocenters. The summed E-state index contributed by atoms with van der Waals surface area (Å²) < 4.78 is 1.05. The minimum atomic E-state index is -1.28. The minimum Gasteiger partial charge on any atom is -0.476 e. The van der Waals surface area contributed by atoms with Gasteiger partial charge in [-0.15, -0.1) is 5.10 Å². The quantitative estimate of drug-likeness (QED) is 0.474. The number of carbonyl (C=O) groups is 3. The molecule has 0 aliphatic rings. The smallest absolute Gasteiger partial charge is 0.358 e. The van der Waals surface area contributed by atoms with Crippen LogP contribution in [-0.4, -0.2) is 44.6 Å². The number of nitrogens with one attached hydrogen (secondary N) is 2. The molecule has 0 aliphatic carbocycles. The molecule has 1 rings (SSSR count). The SMILES string of the molecule is CCCCNC(=O)NC(=O)Cn1nnc(C(=O)O)c1CN. The molecule has 0 saturated heterocycles. The monoisotopic (exact) mass is 298 g/mol. The van der Waals surface area contributed by atoms with Crippen LogP contribution < -0.4 is 16.4 Å². The first-order valence-electron chi connectivity index (χ1n) is 6.43. The van der Waals surface area contributed by atoms with Crippen LogP contribution in [0.25, 0.3) is 0 Å². The zero-order valence-corrected chi connectivity index (χ0v) is 11.6. The van der Waals surface area contributed by atoms with Crippen molar-refractivity contribution in [2.24, 2.45) is 5.73 Å². The van der Waals surface area contributed by atoms with Gasteiger partial charge in [0.05, 0.1) is 5.69 Å². The molecule has 116 valence electrons. The molecule has 0 bridgehead atoms. The molecule has 1 aromatic rings. The van der Waals surface area contributed by atoms with Gasteiger partial charge in [-0.3, -0.25) is 10.1 Å². The zero-order valence-electron chi connectivity index (χ0n) is 11.6. The molecule has 10 heteroatoms. The highest BCUT2D eigenvalue weighted by molar-refractivity contribution is 5.94. The predicted molar refractivity (Wildman–Crippen MR) is 71.3 cm³/mol. The number of hydrogen-bond acceptors (Lipinski definition) is 6.